The largest absolute Gasteiger partial charge is 0.494 e. The van der Waals surface area contributed by atoms with Gasteiger partial charge < -0.3 is 25.2 Å². The van der Waals surface area contributed by atoms with Crippen molar-refractivity contribution in [2.24, 2.45) is 11.8 Å². The third-order valence-corrected chi connectivity index (χ3v) is 10.9. The first-order valence-electron chi connectivity index (χ1n) is 17.1. The number of hydrogen-bond acceptors (Lipinski definition) is 6. The number of aryl methyl sites for hydroxylation is 1. The molecule has 1 amide bonds. The molecule has 0 saturated heterocycles. The second-order valence-electron chi connectivity index (χ2n) is 13.8. The van der Waals surface area contributed by atoms with Gasteiger partial charge in [-0.3, -0.25) is 9.78 Å². The van der Waals surface area contributed by atoms with E-state index in [9.17, 15) is 14.7 Å². The highest BCUT2D eigenvalue weighted by Crippen LogP contribution is 2.56. The summed E-state index contributed by atoms with van der Waals surface area (Å²) in [5.41, 5.74) is 4.57. The molecular formula is C38H46ClN3O5. The molecule has 2 aromatic carbocycles. The van der Waals surface area contributed by atoms with Crippen LogP contribution in [0.3, 0.4) is 0 Å². The Balaban J connectivity index is 1.22. The zero-order valence-corrected chi connectivity index (χ0v) is 28.0. The number of carboxylic acids is 1. The molecule has 0 aliphatic heterocycles. The van der Waals surface area contributed by atoms with Crippen LogP contribution in [0, 0.1) is 11.8 Å². The van der Waals surface area contributed by atoms with Gasteiger partial charge in [-0.05, 0) is 135 Å². The number of amides is 1. The van der Waals surface area contributed by atoms with E-state index in [1.165, 1.54) is 35.2 Å². The summed E-state index contributed by atoms with van der Waals surface area (Å²) in [6.45, 7) is 3.99. The van der Waals surface area contributed by atoms with Crippen LogP contribution in [0.15, 0.2) is 54.7 Å². The van der Waals surface area contributed by atoms with Crippen LogP contribution in [-0.4, -0.2) is 47.8 Å². The quantitative estimate of drug-likeness (QED) is 0.125. The van der Waals surface area contributed by atoms with E-state index in [4.69, 9.17) is 21.1 Å². The second-order valence-corrected chi connectivity index (χ2v) is 14.2. The first-order chi connectivity index (χ1) is 22.8. The van der Waals surface area contributed by atoms with Gasteiger partial charge in [0.25, 0.3) is 0 Å². The summed E-state index contributed by atoms with van der Waals surface area (Å²) in [6, 6.07) is 15.8. The normalized spacial score (nSPS) is 23.7. The first kappa shape index (κ1) is 33.1. The molecule has 250 valence electrons. The number of benzene rings is 2. The molecule has 0 bridgehead atoms. The molecule has 1 spiro atoms. The second kappa shape index (κ2) is 14.5. The Morgan fingerprint density at radius 1 is 1.11 bits per heavy atom. The molecule has 1 fully saturated rings. The smallest absolute Gasteiger partial charge is 0.329 e. The number of nitrogens with one attached hydrogen (secondary N) is 2. The lowest BCUT2D eigenvalue weighted by atomic mass is 9.59. The van der Waals surface area contributed by atoms with Crippen LogP contribution in [0.2, 0.25) is 5.02 Å². The summed E-state index contributed by atoms with van der Waals surface area (Å²) in [7, 11) is 0. The standard InChI is InChI=1S/C38H46ClN3O5/c1-26(24-47-35-12-18-41-34-9-3-2-8-32(34)35)20-28-21-27-10-11-31(46-19-5-17-40-25-43)23-33(27)37(28)13-15-38(16-14-37,36(44)45)42-30-7-4-6-29(39)22-30/h4,6-7,10-12,18,22-23,25-26,28,42H,2-3,5,8-9,13-17,19-21,24H2,1H3,(H,40,43)(H,44,45)/t26-,28?,37?,38?/m1/s1. The zero-order chi connectivity index (χ0) is 32.9. The fourth-order valence-electron chi connectivity index (χ4n) is 8.25. The molecule has 2 atom stereocenters. The van der Waals surface area contributed by atoms with Crippen molar-refractivity contribution >= 4 is 29.7 Å². The minimum absolute atomic E-state index is 0.160. The topological polar surface area (TPSA) is 110 Å². The van der Waals surface area contributed by atoms with E-state index in [1.807, 2.05) is 30.5 Å². The Morgan fingerprint density at radius 3 is 2.72 bits per heavy atom. The van der Waals surface area contributed by atoms with Crippen LogP contribution in [0.1, 0.15) is 80.7 Å². The monoisotopic (exact) mass is 659 g/mol. The summed E-state index contributed by atoms with van der Waals surface area (Å²) >= 11 is 6.25. The molecule has 0 radical (unpaired) electrons. The molecule has 47 heavy (non-hydrogen) atoms. The highest BCUT2D eigenvalue weighted by atomic mass is 35.5. The van der Waals surface area contributed by atoms with Gasteiger partial charge in [-0.1, -0.05) is 30.7 Å². The maximum absolute atomic E-state index is 12.9. The summed E-state index contributed by atoms with van der Waals surface area (Å²) in [6.07, 6.45) is 12.2. The summed E-state index contributed by atoms with van der Waals surface area (Å²) in [5.74, 6) is 1.64. The van der Waals surface area contributed by atoms with Gasteiger partial charge in [-0.25, -0.2) is 4.79 Å². The Kier molecular flexibility index (Phi) is 10.3. The Hall–Kier alpha value is -3.78. The maximum atomic E-state index is 12.9. The number of rotatable bonds is 14. The van der Waals surface area contributed by atoms with Gasteiger partial charge in [-0.2, -0.15) is 0 Å². The van der Waals surface area contributed by atoms with Crippen molar-refractivity contribution in [3.05, 3.63) is 82.1 Å². The molecular weight excluding hydrogens is 614 g/mol. The molecule has 6 rings (SSSR count). The van der Waals surface area contributed by atoms with Crippen LogP contribution < -0.4 is 20.1 Å². The lowest BCUT2D eigenvalue weighted by Crippen LogP contribution is -2.53. The molecule has 1 aromatic heterocycles. The molecule has 3 N–H and O–H groups in total. The Bertz CT molecular complexity index is 1570. The molecule has 8 nitrogen and oxygen atoms in total. The maximum Gasteiger partial charge on any atom is 0.329 e. The lowest BCUT2D eigenvalue weighted by Gasteiger charge is -2.47. The van der Waals surface area contributed by atoms with E-state index in [2.05, 4.69) is 34.7 Å². The van der Waals surface area contributed by atoms with Crippen molar-refractivity contribution in [3.63, 3.8) is 0 Å². The number of pyridine rings is 1. The molecule has 3 aliphatic rings. The van der Waals surface area contributed by atoms with Crippen LogP contribution >= 0.6 is 11.6 Å². The van der Waals surface area contributed by atoms with E-state index in [0.717, 1.165) is 62.1 Å². The third-order valence-electron chi connectivity index (χ3n) is 10.7. The molecule has 1 heterocycles. The number of aromatic nitrogens is 1. The molecule has 9 heteroatoms. The number of anilines is 1. The van der Waals surface area contributed by atoms with Crippen LogP contribution in [0.4, 0.5) is 5.69 Å². The minimum Gasteiger partial charge on any atom is -0.494 e. The SMILES string of the molecule is C[C@@H](COc1ccnc2c1CCCC2)CC1Cc2ccc(OCCCNC=O)cc2C12CCC(Nc1cccc(Cl)c1)(C(=O)O)CC2. The number of nitrogens with zero attached hydrogens (tertiary/aromatic N) is 1. The van der Waals surface area contributed by atoms with Crippen molar-refractivity contribution in [3.8, 4) is 11.5 Å². The van der Waals surface area contributed by atoms with E-state index >= 15 is 0 Å². The van der Waals surface area contributed by atoms with Gasteiger partial charge in [0.15, 0.2) is 0 Å². The van der Waals surface area contributed by atoms with E-state index in [-0.39, 0.29) is 5.41 Å². The lowest BCUT2D eigenvalue weighted by molar-refractivity contribution is -0.144. The van der Waals surface area contributed by atoms with E-state index in [0.29, 0.717) is 55.9 Å². The van der Waals surface area contributed by atoms with E-state index in [1.54, 1.807) is 12.1 Å². The zero-order valence-electron chi connectivity index (χ0n) is 27.2. The predicted octanol–water partition coefficient (Wildman–Crippen LogP) is 7.15. The average Bonchev–Trinajstić information content (AvgIpc) is 3.36. The molecule has 1 unspecified atom stereocenters. The van der Waals surface area contributed by atoms with Gasteiger partial charge in [0, 0.05) is 34.7 Å². The van der Waals surface area contributed by atoms with Crippen LogP contribution in [-0.2, 0) is 34.3 Å². The number of hydrogen-bond donors (Lipinski definition) is 3. The Morgan fingerprint density at radius 2 is 1.94 bits per heavy atom. The number of carboxylic acid groups (broad SMARTS) is 1. The number of carbonyl (C=O) groups excluding carboxylic acids is 1. The first-order valence-corrected chi connectivity index (χ1v) is 17.5. The van der Waals surface area contributed by atoms with Gasteiger partial charge in [0.1, 0.15) is 17.0 Å². The van der Waals surface area contributed by atoms with Crippen molar-refractivity contribution in [2.75, 3.05) is 25.1 Å². The van der Waals surface area contributed by atoms with Crippen molar-refractivity contribution in [2.45, 2.75) is 88.5 Å². The molecule has 3 aliphatic carbocycles. The van der Waals surface area contributed by atoms with Gasteiger partial charge in [0.05, 0.1) is 13.2 Å². The number of ether oxygens (including phenoxy) is 2. The average molecular weight is 660 g/mol. The highest BCUT2D eigenvalue weighted by molar-refractivity contribution is 6.30. The van der Waals surface area contributed by atoms with Crippen LogP contribution in [0.5, 0.6) is 11.5 Å². The molecule has 1 saturated carbocycles. The van der Waals surface area contributed by atoms with E-state index < -0.39 is 11.5 Å². The number of fused-ring (bicyclic) bond motifs is 3. The van der Waals surface area contributed by atoms with Crippen molar-refractivity contribution < 1.29 is 24.2 Å². The number of halogens is 1. The van der Waals surface area contributed by atoms with Crippen LogP contribution in [0.25, 0.3) is 0 Å². The highest BCUT2D eigenvalue weighted by Gasteiger charge is 2.54. The Labute approximate surface area is 282 Å². The van der Waals surface area contributed by atoms with Crippen molar-refractivity contribution in [1.29, 1.82) is 0 Å². The molecule has 3 aromatic rings. The fraction of sp³-hybridized carbons (Fsp3) is 0.500. The number of carbonyl (C=O) groups is 2. The number of aliphatic carboxylic acids is 1. The van der Waals surface area contributed by atoms with Gasteiger partial charge >= 0.3 is 5.97 Å². The summed E-state index contributed by atoms with van der Waals surface area (Å²) < 4.78 is 12.6. The third kappa shape index (κ3) is 7.23. The van der Waals surface area contributed by atoms with Gasteiger partial charge in [0.2, 0.25) is 6.41 Å². The predicted molar refractivity (Wildman–Crippen MR) is 184 cm³/mol. The summed E-state index contributed by atoms with van der Waals surface area (Å²) in [4.78, 5) is 28.1. The summed E-state index contributed by atoms with van der Waals surface area (Å²) in [5, 5.41) is 17.2. The van der Waals surface area contributed by atoms with Crippen molar-refractivity contribution in [1.82, 2.24) is 10.3 Å². The minimum atomic E-state index is -1.07. The van der Waals surface area contributed by atoms with Gasteiger partial charge in [-0.15, -0.1) is 0 Å². The fourth-order valence-corrected chi connectivity index (χ4v) is 8.44.